The average Bonchev–Trinajstić information content (AvgIpc) is 2.40. The summed E-state index contributed by atoms with van der Waals surface area (Å²) in [7, 11) is 0. The Labute approximate surface area is 123 Å². The van der Waals surface area contributed by atoms with Crippen molar-refractivity contribution in [3.8, 4) is 0 Å². The third-order valence-corrected chi connectivity index (χ3v) is 3.89. The first-order chi connectivity index (χ1) is 9.00. The second-order valence-corrected chi connectivity index (χ2v) is 5.24. The maximum atomic E-state index is 6.18. The summed E-state index contributed by atoms with van der Waals surface area (Å²) >= 11 is 12.1. The molecule has 1 aromatic carbocycles. The fraction of sp³-hybridized carbons (Fsp3) is 0.286. The molecule has 1 heterocycles. The zero-order valence-electron chi connectivity index (χ0n) is 11.0. The molecule has 0 saturated heterocycles. The summed E-state index contributed by atoms with van der Waals surface area (Å²) in [6, 6.07) is 7.79. The normalized spacial score (nSPS) is 12.3. The van der Waals surface area contributed by atoms with Gasteiger partial charge in [-0.3, -0.25) is 0 Å². The van der Waals surface area contributed by atoms with E-state index in [4.69, 9.17) is 23.2 Å². The highest BCUT2D eigenvalue weighted by Crippen LogP contribution is 2.27. The highest BCUT2D eigenvalue weighted by Gasteiger charge is 2.13. The summed E-state index contributed by atoms with van der Waals surface area (Å²) in [5.74, 6) is 0.731. The SMILES string of the molecule is Cc1c(Cl)nnc(NC(C)c2ccccc2Cl)c1C. The molecule has 19 heavy (non-hydrogen) atoms. The molecule has 1 N–H and O–H groups in total. The molecule has 0 amide bonds. The first kappa shape index (κ1) is 14.1. The van der Waals surface area contributed by atoms with Crippen LogP contribution in [0.1, 0.15) is 29.7 Å². The summed E-state index contributed by atoms with van der Waals surface area (Å²) in [5.41, 5.74) is 2.96. The molecule has 0 fully saturated rings. The number of benzene rings is 1. The van der Waals surface area contributed by atoms with E-state index in [-0.39, 0.29) is 6.04 Å². The molecular formula is C14H15Cl2N3. The van der Waals surface area contributed by atoms with Crippen molar-refractivity contribution in [3.05, 3.63) is 51.1 Å². The smallest absolute Gasteiger partial charge is 0.155 e. The molecule has 0 aliphatic carbocycles. The second kappa shape index (κ2) is 5.76. The van der Waals surface area contributed by atoms with E-state index >= 15 is 0 Å². The van der Waals surface area contributed by atoms with E-state index in [9.17, 15) is 0 Å². The van der Waals surface area contributed by atoms with Crippen LogP contribution < -0.4 is 5.32 Å². The summed E-state index contributed by atoms with van der Waals surface area (Å²) in [6.45, 7) is 5.93. The van der Waals surface area contributed by atoms with Crippen LogP contribution in [-0.4, -0.2) is 10.2 Å². The van der Waals surface area contributed by atoms with Gasteiger partial charge in [0.25, 0.3) is 0 Å². The molecule has 0 saturated carbocycles. The Bertz CT molecular complexity index is 599. The largest absolute Gasteiger partial charge is 0.362 e. The fourth-order valence-electron chi connectivity index (χ4n) is 1.82. The van der Waals surface area contributed by atoms with Crippen molar-refractivity contribution < 1.29 is 0 Å². The average molecular weight is 296 g/mol. The fourth-order valence-corrected chi connectivity index (χ4v) is 2.30. The third kappa shape index (κ3) is 2.99. The van der Waals surface area contributed by atoms with Gasteiger partial charge in [0.05, 0.1) is 6.04 Å². The van der Waals surface area contributed by atoms with Gasteiger partial charge in [-0.25, -0.2) is 0 Å². The van der Waals surface area contributed by atoms with E-state index in [1.165, 1.54) is 0 Å². The molecule has 0 aliphatic heterocycles. The Balaban J connectivity index is 2.27. The Morgan fingerprint density at radius 2 is 1.74 bits per heavy atom. The van der Waals surface area contributed by atoms with E-state index in [0.717, 1.165) is 27.5 Å². The number of hydrogen-bond donors (Lipinski definition) is 1. The van der Waals surface area contributed by atoms with Crippen LogP contribution in [0.15, 0.2) is 24.3 Å². The Morgan fingerprint density at radius 1 is 1.05 bits per heavy atom. The Hall–Kier alpha value is -1.32. The predicted octanol–water partition coefficient (Wildman–Crippen LogP) is 4.57. The van der Waals surface area contributed by atoms with Crippen molar-refractivity contribution in [2.24, 2.45) is 0 Å². The number of halogens is 2. The number of rotatable bonds is 3. The van der Waals surface area contributed by atoms with Gasteiger partial charge in [0, 0.05) is 5.02 Å². The zero-order chi connectivity index (χ0) is 14.0. The minimum Gasteiger partial charge on any atom is -0.362 e. The molecule has 1 aromatic heterocycles. The van der Waals surface area contributed by atoms with Crippen molar-refractivity contribution >= 4 is 29.0 Å². The van der Waals surface area contributed by atoms with E-state index in [1.807, 2.05) is 45.0 Å². The Kier molecular flexibility index (Phi) is 4.27. The van der Waals surface area contributed by atoms with Crippen LogP contribution in [-0.2, 0) is 0 Å². The maximum Gasteiger partial charge on any atom is 0.155 e. The molecule has 5 heteroatoms. The number of nitrogens with one attached hydrogen (secondary N) is 1. The van der Waals surface area contributed by atoms with Gasteiger partial charge in [0.1, 0.15) is 0 Å². The number of nitrogens with zero attached hydrogens (tertiary/aromatic N) is 2. The van der Waals surface area contributed by atoms with Crippen LogP contribution >= 0.6 is 23.2 Å². The van der Waals surface area contributed by atoms with Gasteiger partial charge in [-0.2, -0.15) is 0 Å². The minimum absolute atomic E-state index is 0.0438. The topological polar surface area (TPSA) is 37.8 Å². The maximum absolute atomic E-state index is 6.18. The van der Waals surface area contributed by atoms with Crippen LogP contribution in [0.3, 0.4) is 0 Å². The molecule has 1 atom stereocenters. The quantitative estimate of drug-likeness (QED) is 0.901. The molecular weight excluding hydrogens is 281 g/mol. The molecule has 0 radical (unpaired) electrons. The highest BCUT2D eigenvalue weighted by atomic mass is 35.5. The molecule has 0 bridgehead atoms. The first-order valence-corrected chi connectivity index (χ1v) is 6.76. The molecule has 0 aliphatic rings. The van der Waals surface area contributed by atoms with Crippen molar-refractivity contribution in [2.45, 2.75) is 26.8 Å². The summed E-state index contributed by atoms with van der Waals surface area (Å²) in [4.78, 5) is 0. The predicted molar refractivity (Wildman–Crippen MR) is 80.0 cm³/mol. The number of anilines is 1. The summed E-state index contributed by atoms with van der Waals surface area (Å²) < 4.78 is 0. The zero-order valence-corrected chi connectivity index (χ0v) is 12.5. The van der Waals surface area contributed by atoms with Crippen LogP contribution in [0, 0.1) is 13.8 Å². The summed E-state index contributed by atoms with van der Waals surface area (Å²) in [5, 5.41) is 12.5. The lowest BCUT2D eigenvalue weighted by molar-refractivity contribution is 0.853. The summed E-state index contributed by atoms with van der Waals surface area (Å²) in [6.07, 6.45) is 0. The van der Waals surface area contributed by atoms with Crippen LogP contribution in [0.4, 0.5) is 5.82 Å². The molecule has 100 valence electrons. The van der Waals surface area contributed by atoms with Crippen molar-refractivity contribution in [3.63, 3.8) is 0 Å². The second-order valence-electron chi connectivity index (χ2n) is 4.48. The van der Waals surface area contributed by atoms with Gasteiger partial charge < -0.3 is 5.32 Å². The van der Waals surface area contributed by atoms with Crippen molar-refractivity contribution in [1.82, 2.24) is 10.2 Å². The van der Waals surface area contributed by atoms with E-state index in [2.05, 4.69) is 15.5 Å². The van der Waals surface area contributed by atoms with E-state index in [1.54, 1.807) is 0 Å². The molecule has 2 aromatic rings. The van der Waals surface area contributed by atoms with Gasteiger partial charge >= 0.3 is 0 Å². The molecule has 2 rings (SSSR count). The standard InChI is InChI=1S/C14H15Cl2N3/c1-8-9(2)14(19-18-13(8)16)17-10(3)11-6-4-5-7-12(11)15/h4-7,10H,1-3H3,(H,17,19). The lowest BCUT2D eigenvalue weighted by atomic mass is 10.1. The van der Waals surface area contributed by atoms with Gasteiger partial charge in [-0.15, -0.1) is 10.2 Å². The molecule has 3 nitrogen and oxygen atoms in total. The number of aromatic nitrogens is 2. The van der Waals surface area contributed by atoms with Gasteiger partial charge in [-0.1, -0.05) is 41.4 Å². The first-order valence-electron chi connectivity index (χ1n) is 6.01. The van der Waals surface area contributed by atoms with Gasteiger partial charge in [0.2, 0.25) is 0 Å². The molecule has 1 unspecified atom stereocenters. The monoisotopic (exact) mass is 295 g/mol. The van der Waals surface area contributed by atoms with Gasteiger partial charge in [0.15, 0.2) is 11.0 Å². The van der Waals surface area contributed by atoms with E-state index in [0.29, 0.717) is 5.15 Å². The van der Waals surface area contributed by atoms with Crippen molar-refractivity contribution in [2.75, 3.05) is 5.32 Å². The highest BCUT2D eigenvalue weighted by molar-refractivity contribution is 6.31. The Morgan fingerprint density at radius 3 is 2.42 bits per heavy atom. The van der Waals surface area contributed by atoms with Crippen LogP contribution in [0.25, 0.3) is 0 Å². The molecule has 0 spiro atoms. The lowest BCUT2D eigenvalue weighted by Crippen LogP contribution is -2.11. The van der Waals surface area contributed by atoms with Crippen LogP contribution in [0.2, 0.25) is 10.2 Å². The lowest BCUT2D eigenvalue weighted by Gasteiger charge is -2.18. The van der Waals surface area contributed by atoms with Gasteiger partial charge in [-0.05, 0) is 43.5 Å². The van der Waals surface area contributed by atoms with E-state index < -0.39 is 0 Å². The van der Waals surface area contributed by atoms with Crippen LogP contribution in [0.5, 0.6) is 0 Å². The van der Waals surface area contributed by atoms with Crippen molar-refractivity contribution in [1.29, 1.82) is 0 Å². The minimum atomic E-state index is 0.0438. The number of hydrogen-bond acceptors (Lipinski definition) is 3. The third-order valence-electron chi connectivity index (χ3n) is 3.19.